The van der Waals surface area contributed by atoms with Crippen LogP contribution in [-0.4, -0.2) is 73.5 Å². The Bertz CT molecular complexity index is 1410. The van der Waals surface area contributed by atoms with Crippen molar-refractivity contribution in [3.63, 3.8) is 0 Å². The van der Waals surface area contributed by atoms with E-state index in [2.05, 4.69) is 10.3 Å². The quantitative estimate of drug-likeness (QED) is 0.253. The molecule has 2 aromatic rings. The number of rotatable bonds is 8. The van der Waals surface area contributed by atoms with Crippen LogP contribution in [0.5, 0.6) is 0 Å². The van der Waals surface area contributed by atoms with E-state index in [0.29, 0.717) is 0 Å². The zero-order chi connectivity index (χ0) is 29.2. The van der Waals surface area contributed by atoms with Gasteiger partial charge in [-0.1, -0.05) is 0 Å². The summed E-state index contributed by atoms with van der Waals surface area (Å²) < 4.78 is 25.6. The second kappa shape index (κ2) is 12.0. The van der Waals surface area contributed by atoms with Gasteiger partial charge in [0.2, 0.25) is 11.2 Å². The number of ether oxygens (including phenoxy) is 4. The summed E-state index contributed by atoms with van der Waals surface area (Å²) in [6, 6.07) is -1.28. The number of aromatic nitrogens is 4. The molecule has 0 spiro atoms. The maximum absolute atomic E-state index is 13.5. The molecule has 16 heteroatoms. The van der Waals surface area contributed by atoms with E-state index in [1.165, 1.54) is 16.1 Å². The Hall–Kier alpha value is -3.72. The van der Waals surface area contributed by atoms with Crippen molar-refractivity contribution in [2.24, 2.45) is 0 Å². The zero-order valence-corrected chi connectivity index (χ0v) is 23.0. The number of hydrogen-bond donors (Lipinski definition) is 1. The average molecular weight is 572 g/mol. The molecule has 15 nitrogen and oxygen atoms in total. The highest BCUT2D eigenvalue weighted by molar-refractivity contribution is 6.29. The third-order valence-corrected chi connectivity index (χ3v) is 6.26. The summed E-state index contributed by atoms with van der Waals surface area (Å²) in [4.78, 5) is 78.6. The molecule has 5 atom stereocenters. The van der Waals surface area contributed by atoms with Gasteiger partial charge in [-0.3, -0.25) is 37.7 Å². The van der Waals surface area contributed by atoms with Gasteiger partial charge in [-0.15, -0.1) is 0 Å². The Morgan fingerprint density at radius 3 is 2.05 bits per heavy atom. The molecule has 3 heterocycles. The van der Waals surface area contributed by atoms with Crippen molar-refractivity contribution in [3.8, 4) is 0 Å². The summed E-state index contributed by atoms with van der Waals surface area (Å²) in [5.41, 5.74) is -1.48. The second-order valence-electron chi connectivity index (χ2n) is 8.74. The molecule has 1 aliphatic rings. The number of nitrogens with zero attached hydrogens (tertiary/aromatic N) is 4. The van der Waals surface area contributed by atoms with Crippen LogP contribution in [0.2, 0.25) is 5.28 Å². The lowest BCUT2D eigenvalue weighted by Crippen LogP contribution is -2.64. The van der Waals surface area contributed by atoms with Crippen molar-refractivity contribution in [1.29, 1.82) is 0 Å². The summed E-state index contributed by atoms with van der Waals surface area (Å²) in [6.45, 7) is 7.62. The average Bonchev–Trinajstić information content (AvgIpc) is 3.16. The van der Waals surface area contributed by atoms with E-state index in [-0.39, 0.29) is 29.5 Å². The lowest BCUT2D eigenvalue weighted by Gasteiger charge is -2.45. The highest BCUT2D eigenvalue weighted by Gasteiger charge is 2.52. The number of carbonyl (C=O) groups excluding carboxylic acids is 4. The van der Waals surface area contributed by atoms with Gasteiger partial charge in [-0.05, 0) is 25.4 Å². The molecule has 0 aromatic carbocycles. The molecule has 1 saturated heterocycles. The molecule has 1 aliphatic heterocycles. The molecule has 0 unspecified atom stereocenters. The number of imidazole rings is 1. The predicted octanol–water partition coefficient (Wildman–Crippen LogP) is -0.118. The molecule has 214 valence electrons. The molecule has 1 amide bonds. The number of esters is 3. The first-order chi connectivity index (χ1) is 18.3. The predicted molar refractivity (Wildman–Crippen MR) is 134 cm³/mol. The lowest BCUT2D eigenvalue weighted by atomic mass is 9.95. The topological polar surface area (TPSA) is 179 Å². The molecular weight excluding hydrogens is 542 g/mol. The molecule has 1 N–H and O–H groups in total. The molecule has 3 rings (SSSR count). The minimum absolute atomic E-state index is 0.0324. The number of halogens is 1. The van der Waals surface area contributed by atoms with Crippen LogP contribution >= 0.6 is 11.6 Å². The van der Waals surface area contributed by atoms with E-state index in [0.717, 1.165) is 25.3 Å². The Labute approximate surface area is 226 Å². The van der Waals surface area contributed by atoms with Gasteiger partial charge in [-0.25, -0.2) is 4.79 Å². The van der Waals surface area contributed by atoms with E-state index >= 15 is 0 Å². The first-order valence-corrected chi connectivity index (χ1v) is 12.5. The molecule has 39 heavy (non-hydrogen) atoms. The van der Waals surface area contributed by atoms with Gasteiger partial charge in [-0.2, -0.15) is 4.98 Å². The van der Waals surface area contributed by atoms with E-state index < -0.39 is 72.3 Å². The summed E-state index contributed by atoms with van der Waals surface area (Å²) in [5, 5.41) is 2.34. The Kier molecular flexibility index (Phi) is 9.17. The minimum atomic E-state index is -1.40. The number of nitrogens with one attached hydrogen (secondary N) is 1. The first kappa shape index (κ1) is 29.8. The lowest BCUT2D eigenvalue weighted by molar-refractivity contribution is -0.236. The largest absolute Gasteiger partial charge is 0.463 e. The van der Waals surface area contributed by atoms with Gasteiger partial charge in [0.15, 0.2) is 29.6 Å². The van der Waals surface area contributed by atoms with Gasteiger partial charge in [0.05, 0.1) is 0 Å². The normalized spacial score (nSPS) is 22.8. The van der Waals surface area contributed by atoms with Crippen LogP contribution in [0.1, 0.15) is 47.8 Å². The summed E-state index contributed by atoms with van der Waals surface area (Å²) >= 11 is 6.52. The van der Waals surface area contributed by atoms with Crippen LogP contribution in [0.3, 0.4) is 0 Å². The summed E-state index contributed by atoms with van der Waals surface area (Å²) in [7, 11) is 0. The molecule has 2 aromatic heterocycles. The van der Waals surface area contributed by atoms with Gasteiger partial charge < -0.3 is 24.3 Å². The fourth-order valence-corrected chi connectivity index (χ4v) is 4.82. The Balaban J connectivity index is 2.35. The summed E-state index contributed by atoms with van der Waals surface area (Å²) in [6.07, 6.45) is -5.36. The van der Waals surface area contributed by atoms with Crippen molar-refractivity contribution >= 4 is 46.6 Å². The van der Waals surface area contributed by atoms with Crippen molar-refractivity contribution in [2.75, 3.05) is 6.61 Å². The van der Waals surface area contributed by atoms with Gasteiger partial charge >= 0.3 is 23.6 Å². The van der Waals surface area contributed by atoms with E-state index in [4.69, 9.17) is 30.5 Å². The number of carbonyl (C=O) groups is 4. The number of hydrogen-bond acceptors (Lipinski definition) is 11. The maximum Gasteiger partial charge on any atom is 0.332 e. The molecule has 0 aliphatic carbocycles. The van der Waals surface area contributed by atoms with Crippen molar-refractivity contribution in [3.05, 3.63) is 26.1 Å². The fourth-order valence-electron chi connectivity index (χ4n) is 4.56. The SMILES string of the molecule is CCn1c(=O)c2c(nc(Cl)n2[C@@H]2O[C@@H](COC(C)=O)[C@@H](OC(C)=O)[C@@H](OC(C)=O)[C@H]2NC(C)=O)n(CC)c1=O. The van der Waals surface area contributed by atoms with Crippen molar-refractivity contribution in [2.45, 2.75) is 85.2 Å². The van der Waals surface area contributed by atoms with Crippen LogP contribution in [0, 0.1) is 0 Å². The summed E-state index contributed by atoms with van der Waals surface area (Å²) in [5.74, 6) is -2.80. The number of amides is 1. The first-order valence-electron chi connectivity index (χ1n) is 12.1. The van der Waals surface area contributed by atoms with Gasteiger partial charge in [0, 0.05) is 40.8 Å². The Morgan fingerprint density at radius 2 is 1.54 bits per heavy atom. The van der Waals surface area contributed by atoms with Crippen LogP contribution in [0.4, 0.5) is 0 Å². The van der Waals surface area contributed by atoms with Crippen LogP contribution in [0.25, 0.3) is 11.2 Å². The highest BCUT2D eigenvalue weighted by Crippen LogP contribution is 2.36. The van der Waals surface area contributed by atoms with Crippen LogP contribution in [-0.2, 0) is 51.2 Å². The maximum atomic E-state index is 13.5. The van der Waals surface area contributed by atoms with Gasteiger partial charge in [0.25, 0.3) is 5.56 Å². The number of aryl methyl sites for hydroxylation is 1. The van der Waals surface area contributed by atoms with Crippen LogP contribution < -0.4 is 16.6 Å². The molecular formula is C23H30ClN5O10. The van der Waals surface area contributed by atoms with Crippen molar-refractivity contribution < 1.29 is 38.1 Å². The standard InChI is InChI=1S/C23H30ClN5O10/c1-7-27-19-16(20(34)28(8-2)23(27)35)29(22(24)26-19)21-15(25-10(3)30)18(38-13(6)33)17(37-12(5)32)14(39-21)9-36-11(4)31/h14-15,17-18,21H,7-9H2,1-6H3,(H,25,30)/t14-,15+,17+,18-,21+/m0/s1. The van der Waals surface area contributed by atoms with E-state index in [9.17, 15) is 28.8 Å². The zero-order valence-electron chi connectivity index (χ0n) is 22.3. The molecule has 0 saturated carbocycles. The van der Waals surface area contributed by atoms with E-state index in [1.54, 1.807) is 13.8 Å². The third kappa shape index (κ3) is 5.98. The van der Waals surface area contributed by atoms with Crippen LogP contribution in [0.15, 0.2) is 9.59 Å². The monoisotopic (exact) mass is 571 g/mol. The second-order valence-corrected chi connectivity index (χ2v) is 9.08. The molecule has 0 bridgehead atoms. The Morgan fingerprint density at radius 1 is 0.949 bits per heavy atom. The fraction of sp³-hybridized carbons (Fsp3) is 0.609. The van der Waals surface area contributed by atoms with Crippen molar-refractivity contribution in [1.82, 2.24) is 24.0 Å². The molecule has 0 radical (unpaired) electrons. The molecule has 1 fully saturated rings. The number of fused-ring (bicyclic) bond motifs is 1. The highest BCUT2D eigenvalue weighted by atomic mass is 35.5. The third-order valence-electron chi connectivity index (χ3n) is 5.99. The van der Waals surface area contributed by atoms with Gasteiger partial charge in [0.1, 0.15) is 18.8 Å². The smallest absolute Gasteiger partial charge is 0.332 e. The minimum Gasteiger partial charge on any atom is -0.463 e. The van der Waals surface area contributed by atoms with E-state index in [1.807, 2.05) is 0 Å².